The van der Waals surface area contributed by atoms with Gasteiger partial charge in [0.2, 0.25) is 5.95 Å². The number of rotatable bonds is 5. The Kier molecular flexibility index (Phi) is 8.60. The van der Waals surface area contributed by atoms with Crippen LogP contribution in [-0.4, -0.2) is 104 Å². The number of carbonyl (C=O) groups excluding carboxylic acids is 2. The zero-order valence-electron chi connectivity index (χ0n) is 25.4. The Labute approximate surface area is 274 Å². The molecule has 0 aliphatic carbocycles. The van der Waals surface area contributed by atoms with Crippen LogP contribution in [0.1, 0.15) is 27.7 Å². The molecule has 19 heteroatoms. The number of piperazine rings is 1. The molecule has 1 N–H and O–H groups in total. The largest absolute Gasteiger partial charge is 0.471 e. The van der Waals surface area contributed by atoms with Crippen LogP contribution in [0.15, 0.2) is 35.4 Å². The topological polar surface area (TPSA) is 125 Å². The highest BCUT2D eigenvalue weighted by Gasteiger charge is 2.50. The van der Waals surface area contributed by atoms with Crippen molar-refractivity contribution in [3.63, 3.8) is 0 Å². The van der Waals surface area contributed by atoms with Gasteiger partial charge in [0, 0.05) is 44.3 Å². The number of aryl methyl sites for hydroxylation is 1. The molecule has 2 amide bonds. The van der Waals surface area contributed by atoms with Crippen molar-refractivity contribution in [3.05, 3.63) is 46.5 Å². The lowest BCUT2D eigenvalue weighted by atomic mass is 10.0. The van der Waals surface area contributed by atoms with Crippen LogP contribution in [0.25, 0.3) is 10.6 Å². The van der Waals surface area contributed by atoms with Crippen LogP contribution in [0.2, 0.25) is 0 Å². The van der Waals surface area contributed by atoms with Crippen LogP contribution in [0.4, 0.5) is 43.7 Å². The first-order valence-electron chi connectivity index (χ1n) is 14.7. The molecule has 2 fully saturated rings. The number of fused-ring (bicyclic) bond motifs is 2. The summed E-state index contributed by atoms with van der Waals surface area (Å²) in [5.74, 6) is -3.14. The van der Waals surface area contributed by atoms with Gasteiger partial charge in [-0.25, -0.2) is 18.4 Å². The van der Waals surface area contributed by atoms with Crippen LogP contribution >= 0.6 is 11.3 Å². The zero-order valence-corrected chi connectivity index (χ0v) is 27.0. The molecule has 3 aliphatic heterocycles. The number of sulfone groups is 1. The summed E-state index contributed by atoms with van der Waals surface area (Å²) >= 11 is 0.606. The second-order valence-electron chi connectivity index (χ2n) is 11.5. The predicted molar refractivity (Wildman–Crippen MR) is 162 cm³/mol. The molecule has 2 aromatic heterocycles. The van der Waals surface area contributed by atoms with Crippen LogP contribution < -0.4 is 10.2 Å². The van der Waals surface area contributed by atoms with E-state index in [4.69, 9.17) is 4.74 Å². The highest BCUT2D eigenvalue weighted by molar-refractivity contribution is 7.91. The first-order chi connectivity index (χ1) is 22.5. The molecule has 0 spiro atoms. The van der Waals surface area contributed by atoms with Gasteiger partial charge in [0.05, 0.1) is 46.5 Å². The molecule has 1 aromatic carbocycles. The summed E-state index contributed by atoms with van der Waals surface area (Å²) in [5.41, 5.74) is -0.0353. The number of aromatic nitrogens is 2. The number of alkyl halides is 6. The molecular formula is C29H28F6N6O5S2. The number of halogens is 6. The van der Waals surface area contributed by atoms with Gasteiger partial charge in [-0.15, -0.1) is 11.3 Å². The van der Waals surface area contributed by atoms with Crippen molar-refractivity contribution in [2.75, 3.05) is 55.9 Å². The summed E-state index contributed by atoms with van der Waals surface area (Å²) in [5, 5.41) is 2.93. The number of nitrogens with zero attached hydrogens (tertiary/aromatic N) is 5. The highest BCUT2D eigenvalue weighted by Crippen LogP contribution is 2.42. The summed E-state index contributed by atoms with van der Waals surface area (Å²) in [6.07, 6.45) is -8.89. The molecule has 0 unspecified atom stereocenters. The fourth-order valence-electron chi connectivity index (χ4n) is 6.05. The van der Waals surface area contributed by atoms with Gasteiger partial charge >= 0.3 is 18.3 Å². The highest BCUT2D eigenvalue weighted by atomic mass is 32.2. The van der Waals surface area contributed by atoms with Crippen molar-refractivity contribution in [2.24, 2.45) is 0 Å². The Morgan fingerprint density at radius 2 is 1.81 bits per heavy atom. The van der Waals surface area contributed by atoms with Gasteiger partial charge in [0.25, 0.3) is 5.91 Å². The summed E-state index contributed by atoms with van der Waals surface area (Å²) in [6.45, 7) is 1.80. The summed E-state index contributed by atoms with van der Waals surface area (Å²) in [6, 6.07) is 4.83. The standard InChI is InChI=1S/C29H28F6N6O5S2/c1-3-15-10-16(40-6-7-41(26(43)29(33,34)35)20-14-46-13-19(20)40)4-5-18(15)37-27-36-12-17(28(30,31)32)23(38-27)21-11-22-24(47-21)25(42)39(2)8-9-48(22,44)45/h4-5,10-12,19-20H,3,6-9,13-14H2,1-2H3,(H,36,37,38)/t19-,20+/m1/s1. The first kappa shape index (κ1) is 33.9. The first-order valence-corrected chi connectivity index (χ1v) is 17.1. The fourth-order valence-corrected chi connectivity index (χ4v) is 9.09. The zero-order chi connectivity index (χ0) is 34.8. The van der Waals surface area contributed by atoms with E-state index in [0.29, 0.717) is 40.9 Å². The molecule has 48 heavy (non-hydrogen) atoms. The second-order valence-corrected chi connectivity index (χ2v) is 14.6. The van der Waals surface area contributed by atoms with Crippen LogP contribution in [-0.2, 0) is 32.0 Å². The monoisotopic (exact) mass is 718 g/mol. The third kappa shape index (κ3) is 6.18. The number of carbonyl (C=O) groups is 2. The van der Waals surface area contributed by atoms with E-state index in [0.717, 1.165) is 11.0 Å². The molecule has 0 bridgehead atoms. The molecule has 11 nitrogen and oxygen atoms in total. The molecular weight excluding hydrogens is 690 g/mol. The number of ether oxygens (including phenoxy) is 1. The minimum Gasteiger partial charge on any atom is -0.377 e. The number of nitrogens with one attached hydrogen (secondary N) is 1. The van der Waals surface area contributed by atoms with Gasteiger partial charge in [0.1, 0.15) is 10.4 Å². The van der Waals surface area contributed by atoms with Gasteiger partial charge in [-0.2, -0.15) is 26.3 Å². The number of anilines is 3. The molecule has 6 rings (SSSR count). The minimum absolute atomic E-state index is 0.0408. The number of hydrogen-bond donors (Lipinski definition) is 1. The maximum Gasteiger partial charge on any atom is 0.471 e. The quantitative estimate of drug-likeness (QED) is 0.383. The van der Waals surface area contributed by atoms with E-state index in [1.54, 1.807) is 18.2 Å². The fraction of sp³-hybridized carbons (Fsp3) is 0.448. The average Bonchev–Trinajstić information content (AvgIpc) is 3.69. The van der Waals surface area contributed by atoms with Gasteiger partial charge in [0.15, 0.2) is 9.84 Å². The van der Waals surface area contributed by atoms with Crippen LogP contribution in [0, 0.1) is 0 Å². The summed E-state index contributed by atoms with van der Waals surface area (Å²) < 4.78 is 113. The van der Waals surface area contributed by atoms with E-state index in [2.05, 4.69) is 15.3 Å². The van der Waals surface area contributed by atoms with Crippen molar-refractivity contribution in [3.8, 4) is 10.6 Å². The van der Waals surface area contributed by atoms with Crippen molar-refractivity contribution in [1.29, 1.82) is 0 Å². The molecule has 0 radical (unpaired) electrons. The third-order valence-corrected chi connectivity index (χ3v) is 11.5. The number of benzene rings is 1. The predicted octanol–water partition coefficient (Wildman–Crippen LogP) is 4.37. The number of hydrogen-bond acceptors (Lipinski definition) is 10. The average molecular weight is 719 g/mol. The molecule has 2 atom stereocenters. The number of thiophene rings is 1. The van der Waals surface area contributed by atoms with E-state index in [1.807, 2.05) is 11.8 Å². The smallest absolute Gasteiger partial charge is 0.377 e. The van der Waals surface area contributed by atoms with E-state index in [9.17, 15) is 44.3 Å². The normalized spacial score (nSPS) is 21.2. The van der Waals surface area contributed by atoms with Crippen molar-refractivity contribution in [1.82, 2.24) is 19.8 Å². The van der Waals surface area contributed by atoms with Gasteiger partial charge in [-0.05, 0) is 36.2 Å². The molecule has 2 saturated heterocycles. The summed E-state index contributed by atoms with van der Waals surface area (Å²) in [4.78, 5) is 36.0. The molecule has 3 aliphatic rings. The lowest BCUT2D eigenvalue weighted by Gasteiger charge is -2.44. The van der Waals surface area contributed by atoms with E-state index >= 15 is 0 Å². The van der Waals surface area contributed by atoms with Gasteiger partial charge < -0.3 is 24.8 Å². The number of amides is 2. The Morgan fingerprint density at radius 1 is 1.08 bits per heavy atom. The Hall–Kier alpha value is -3.97. The van der Waals surface area contributed by atoms with Crippen molar-refractivity contribution in [2.45, 2.75) is 42.7 Å². The Bertz CT molecular complexity index is 1880. The van der Waals surface area contributed by atoms with E-state index < -0.39 is 57.3 Å². The second kappa shape index (κ2) is 12.2. The lowest BCUT2D eigenvalue weighted by Crippen LogP contribution is -2.62. The van der Waals surface area contributed by atoms with Gasteiger partial charge in [-0.3, -0.25) is 9.59 Å². The molecule has 5 heterocycles. The molecule has 258 valence electrons. The van der Waals surface area contributed by atoms with E-state index in [-0.39, 0.29) is 59.2 Å². The minimum atomic E-state index is -5.01. The van der Waals surface area contributed by atoms with E-state index in [1.165, 1.54) is 11.9 Å². The lowest BCUT2D eigenvalue weighted by molar-refractivity contribution is -0.188. The Morgan fingerprint density at radius 3 is 2.50 bits per heavy atom. The summed E-state index contributed by atoms with van der Waals surface area (Å²) in [7, 11) is -2.55. The SMILES string of the molecule is CCc1cc(N2CCN(C(=O)C(F)(F)F)[C@H]3COC[C@H]32)ccc1Nc1ncc(C(F)(F)F)c(-c2cc3c(s2)C(=O)N(C)CCS3(=O)=O)n1. The van der Waals surface area contributed by atoms with Crippen molar-refractivity contribution >= 4 is 50.3 Å². The maximum atomic E-state index is 14.1. The molecule has 3 aromatic rings. The third-order valence-electron chi connectivity index (χ3n) is 8.55. The molecule has 0 saturated carbocycles. The van der Waals surface area contributed by atoms with Crippen LogP contribution in [0.3, 0.4) is 0 Å². The maximum absolute atomic E-state index is 14.1. The van der Waals surface area contributed by atoms with Crippen molar-refractivity contribution < 1.29 is 49.1 Å². The van der Waals surface area contributed by atoms with Crippen LogP contribution in [0.5, 0.6) is 0 Å². The Balaban J connectivity index is 1.31. The van der Waals surface area contributed by atoms with Gasteiger partial charge in [-0.1, -0.05) is 6.92 Å².